The van der Waals surface area contributed by atoms with Crippen molar-refractivity contribution in [3.05, 3.63) is 22.4 Å². The molecule has 0 aromatic carbocycles. The number of nitrogens with one attached hydrogen (secondary N) is 1. The van der Waals surface area contributed by atoms with Crippen LogP contribution in [0.15, 0.2) is 17.5 Å². The lowest BCUT2D eigenvalue weighted by Gasteiger charge is -2.32. The summed E-state index contributed by atoms with van der Waals surface area (Å²) in [6.45, 7) is 3.85. The summed E-state index contributed by atoms with van der Waals surface area (Å²) in [5.74, 6) is 0.470. The molecule has 0 bridgehead atoms. The van der Waals surface area contributed by atoms with Gasteiger partial charge >= 0.3 is 11.8 Å². The van der Waals surface area contributed by atoms with E-state index in [9.17, 15) is 9.59 Å². The van der Waals surface area contributed by atoms with Crippen LogP contribution in [-0.2, 0) is 9.59 Å². The van der Waals surface area contributed by atoms with E-state index in [0.29, 0.717) is 24.9 Å². The largest absolute Gasteiger partial charge is 0.334 e. The quantitative estimate of drug-likeness (QED) is 0.845. The second kappa shape index (κ2) is 8.12. The van der Waals surface area contributed by atoms with Gasteiger partial charge in [0.05, 0.1) is 0 Å². The smallest absolute Gasteiger partial charge is 0.312 e. The van der Waals surface area contributed by atoms with Gasteiger partial charge in [0, 0.05) is 37.0 Å². The standard InChI is InChI=1S/C18H27N3O2S/c1-19-8-4-14-5-9-20(10-6-14)17(22)18(23)21-11-7-15(13-21)16-3-2-12-24-16/h2-3,12,14-15,19H,4-11,13H2,1H3. The van der Waals surface area contributed by atoms with E-state index < -0.39 is 0 Å². The number of rotatable bonds is 4. The van der Waals surface area contributed by atoms with E-state index in [0.717, 1.165) is 45.3 Å². The van der Waals surface area contributed by atoms with Crippen LogP contribution in [0.4, 0.5) is 0 Å². The minimum atomic E-state index is -0.303. The van der Waals surface area contributed by atoms with Gasteiger partial charge in [-0.05, 0) is 56.6 Å². The third kappa shape index (κ3) is 3.98. The summed E-state index contributed by atoms with van der Waals surface area (Å²) in [4.78, 5) is 29.9. The maximum atomic E-state index is 12.5. The van der Waals surface area contributed by atoms with Gasteiger partial charge in [0.2, 0.25) is 0 Å². The van der Waals surface area contributed by atoms with Gasteiger partial charge in [0.1, 0.15) is 0 Å². The lowest BCUT2D eigenvalue weighted by Crippen LogP contribution is -2.47. The summed E-state index contributed by atoms with van der Waals surface area (Å²) < 4.78 is 0. The van der Waals surface area contributed by atoms with Crippen LogP contribution in [0.5, 0.6) is 0 Å². The SMILES string of the molecule is CNCCC1CCN(C(=O)C(=O)N2CCC(c3cccs3)C2)CC1. The number of hydrogen-bond donors (Lipinski definition) is 1. The minimum Gasteiger partial charge on any atom is -0.334 e. The van der Waals surface area contributed by atoms with E-state index >= 15 is 0 Å². The molecule has 5 nitrogen and oxygen atoms in total. The zero-order chi connectivity index (χ0) is 16.9. The summed E-state index contributed by atoms with van der Waals surface area (Å²) in [5, 5.41) is 5.25. The monoisotopic (exact) mass is 349 g/mol. The second-order valence-electron chi connectivity index (χ2n) is 6.88. The van der Waals surface area contributed by atoms with Crippen molar-refractivity contribution < 1.29 is 9.59 Å². The first kappa shape index (κ1) is 17.4. The summed E-state index contributed by atoms with van der Waals surface area (Å²) >= 11 is 1.74. The van der Waals surface area contributed by atoms with E-state index in [4.69, 9.17) is 0 Å². The van der Waals surface area contributed by atoms with E-state index in [2.05, 4.69) is 16.8 Å². The average Bonchev–Trinajstić information content (AvgIpc) is 3.30. The summed E-state index contributed by atoms with van der Waals surface area (Å²) in [5.41, 5.74) is 0. The Bertz CT molecular complexity index is 553. The summed E-state index contributed by atoms with van der Waals surface area (Å²) in [7, 11) is 1.97. The van der Waals surface area contributed by atoms with E-state index in [1.807, 2.05) is 13.1 Å². The van der Waals surface area contributed by atoms with Gasteiger partial charge in [-0.2, -0.15) is 0 Å². The van der Waals surface area contributed by atoms with Crippen molar-refractivity contribution >= 4 is 23.2 Å². The third-order valence-electron chi connectivity index (χ3n) is 5.31. The molecule has 2 aliphatic heterocycles. The fraction of sp³-hybridized carbons (Fsp3) is 0.667. The maximum absolute atomic E-state index is 12.5. The predicted molar refractivity (Wildman–Crippen MR) is 96.1 cm³/mol. The molecule has 2 aliphatic rings. The maximum Gasteiger partial charge on any atom is 0.312 e. The first-order valence-electron chi connectivity index (χ1n) is 8.95. The Balaban J connectivity index is 1.48. The Kier molecular flexibility index (Phi) is 5.89. The van der Waals surface area contributed by atoms with Crippen LogP contribution in [0.1, 0.15) is 36.5 Å². The van der Waals surface area contributed by atoms with Crippen molar-refractivity contribution in [1.29, 1.82) is 0 Å². The van der Waals surface area contributed by atoms with Gasteiger partial charge in [-0.3, -0.25) is 9.59 Å². The molecule has 132 valence electrons. The van der Waals surface area contributed by atoms with Gasteiger partial charge in [0.25, 0.3) is 0 Å². The Morgan fingerprint density at radius 1 is 1.17 bits per heavy atom. The highest BCUT2D eigenvalue weighted by Crippen LogP contribution is 2.30. The molecule has 6 heteroatoms. The van der Waals surface area contributed by atoms with Crippen LogP contribution in [0.3, 0.4) is 0 Å². The molecule has 3 heterocycles. The Morgan fingerprint density at radius 2 is 1.88 bits per heavy atom. The number of nitrogens with zero attached hydrogens (tertiary/aromatic N) is 2. The third-order valence-corrected chi connectivity index (χ3v) is 6.34. The molecule has 3 rings (SSSR count). The van der Waals surface area contributed by atoms with E-state index in [-0.39, 0.29) is 11.8 Å². The number of carbonyl (C=O) groups excluding carboxylic acids is 2. The molecule has 1 unspecified atom stereocenters. The molecule has 2 saturated heterocycles. The van der Waals surface area contributed by atoms with Gasteiger partial charge in [-0.1, -0.05) is 6.07 Å². The Morgan fingerprint density at radius 3 is 2.54 bits per heavy atom. The van der Waals surface area contributed by atoms with Crippen molar-refractivity contribution in [2.75, 3.05) is 39.8 Å². The van der Waals surface area contributed by atoms with Crippen LogP contribution < -0.4 is 5.32 Å². The number of carbonyl (C=O) groups is 2. The zero-order valence-electron chi connectivity index (χ0n) is 14.4. The number of likely N-dealkylation sites (tertiary alicyclic amines) is 2. The van der Waals surface area contributed by atoms with Crippen molar-refractivity contribution in [3.8, 4) is 0 Å². The Hall–Kier alpha value is -1.40. The molecule has 0 saturated carbocycles. The van der Waals surface area contributed by atoms with Crippen LogP contribution in [0.2, 0.25) is 0 Å². The van der Waals surface area contributed by atoms with E-state index in [1.54, 1.807) is 21.1 Å². The first-order valence-corrected chi connectivity index (χ1v) is 9.83. The van der Waals surface area contributed by atoms with Gasteiger partial charge in [0.15, 0.2) is 0 Å². The molecule has 2 fully saturated rings. The molecule has 0 radical (unpaired) electrons. The fourth-order valence-corrected chi connectivity index (χ4v) is 4.60. The highest BCUT2D eigenvalue weighted by Gasteiger charge is 2.34. The molecular formula is C18H27N3O2S. The topological polar surface area (TPSA) is 52.7 Å². The molecule has 1 aromatic rings. The molecule has 0 aliphatic carbocycles. The van der Waals surface area contributed by atoms with Crippen LogP contribution in [-0.4, -0.2) is 61.4 Å². The molecule has 1 aromatic heterocycles. The van der Waals surface area contributed by atoms with Crippen molar-refractivity contribution in [2.45, 2.75) is 31.6 Å². The lowest BCUT2D eigenvalue weighted by atomic mass is 9.93. The number of piperidine rings is 1. The predicted octanol–water partition coefficient (Wildman–Crippen LogP) is 1.91. The van der Waals surface area contributed by atoms with E-state index in [1.165, 1.54) is 4.88 Å². The molecule has 24 heavy (non-hydrogen) atoms. The number of thiophene rings is 1. The number of hydrogen-bond acceptors (Lipinski definition) is 4. The highest BCUT2D eigenvalue weighted by atomic mass is 32.1. The molecule has 1 N–H and O–H groups in total. The van der Waals surface area contributed by atoms with Crippen LogP contribution in [0, 0.1) is 5.92 Å². The molecule has 2 amide bonds. The molecule has 1 atom stereocenters. The van der Waals surface area contributed by atoms with Crippen molar-refractivity contribution in [3.63, 3.8) is 0 Å². The van der Waals surface area contributed by atoms with Gasteiger partial charge in [-0.25, -0.2) is 0 Å². The minimum absolute atomic E-state index is 0.297. The normalized spacial score (nSPS) is 22.1. The summed E-state index contributed by atoms with van der Waals surface area (Å²) in [6, 6.07) is 4.18. The van der Waals surface area contributed by atoms with Crippen molar-refractivity contribution in [1.82, 2.24) is 15.1 Å². The first-order chi connectivity index (χ1) is 11.7. The van der Waals surface area contributed by atoms with Crippen molar-refractivity contribution in [2.24, 2.45) is 5.92 Å². The van der Waals surface area contributed by atoms with Crippen LogP contribution >= 0.6 is 11.3 Å². The lowest BCUT2D eigenvalue weighted by molar-refractivity contribution is -0.152. The molecule has 0 spiro atoms. The number of amides is 2. The van der Waals surface area contributed by atoms with Gasteiger partial charge in [-0.15, -0.1) is 11.3 Å². The fourth-order valence-electron chi connectivity index (χ4n) is 3.74. The van der Waals surface area contributed by atoms with Crippen LogP contribution in [0.25, 0.3) is 0 Å². The Labute approximate surface area is 148 Å². The highest BCUT2D eigenvalue weighted by molar-refractivity contribution is 7.10. The average molecular weight is 350 g/mol. The summed E-state index contributed by atoms with van der Waals surface area (Å²) in [6.07, 6.45) is 4.14. The zero-order valence-corrected chi connectivity index (χ0v) is 15.2. The van der Waals surface area contributed by atoms with Gasteiger partial charge < -0.3 is 15.1 Å². The second-order valence-corrected chi connectivity index (χ2v) is 7.86. The molecular weight excluding hydrogens is 322 g/mol.